The molecule has 1 aromatic carbocycles. The molecule has 0 saturated heterocycles. The van der Waals surface area contributed by atoms with Gasteiger partial charge in [0.2, 0.25) is 5.91 Å². The van der Waals surface area contributed by atoms with Crippen LogP contribution in [0.5, 0.6) is 0 Å². The highest BCUT2D eigenvalue weighted by molar-refractivity contribution is 5.85. The summed E-state index contributed by atoms with van der Waals surface area (Å²) in [6.45, 7) is 2.79. The van der Waals surface area contributed by atoms with Crippen LogP contribution in [0.3, 0.4) is 0 Å². The zero-order chi connectivity index (χ0) is 13.4. The average Bonchev–Trinajstić information content (AvgIpc) is 2.37. The Morgan fingerprint density at radius 3 is 2.47 bits per heavy atom. The molecule has 0 spiro atoms. The molecule has 0 aliphatic carbocycles. The molecule has 0 radical (unpaired) electrons. The maximum Gasteiger partial charge on any atom is 0.224 e. The highest BCUT2D eigenvalue weighted by atomic mass is 35.5. The Morgan fingerprint density at radius 2 is 1.89 bits per heavy atom. The fourth-order valence-corrected chi connectivity index (χ4v) is 1.75. The monoisotopic (exact) mass is 286 g/mol. The largest absolute Gasteiger partial charge is 0.391 e. The van der Waals surface area contributed by atoms with Crippen molar-refractivity contribution in [1.82, 2.24) is 10.6 Å². The molecule has 5 heteroatoms. The summed E-state index contributed by atoms with van der Waals surface area (Å²) in [5.41, 5.74) is 1.07. The summed E-state index contributed by atoms with van der Waals surface area (Å²) in [5.74, 6) is -0.115. The number of carbonyl (C=O) groups excluding carboxylic acids is 1. The van der Waals surface area contributed by atoms with Gasteiger partial charge in [0.1, 0.15) is 0 Å². The van der Waals surface area contributed by atoms with Crippen LogP contribution >= 0.6 is 12.4 Å². The lowest BCUT2D eigenvalue weighted by Gasteiger charge is -2.15. The van der Waals surface area contributed by atoms with Gasteiger partial charge in [0.05, 0.1) is 6.10 Å². The summed E-state index contributed by atoms with van der Waals surface area (Å²) in [6, 6.07) is 9.76. The fourth-order valence-electron chi connectivity index (χ4n) is 1.75. The molecule has 0 saturated carbocycles. The number of rotatable bonds is 7. The smallest absolute Gasteiger partial charge is 0.224 e. The van der Waals surface area contributed by atoms with Crippen LogP contribution in [0.1, 0.15) is 12.5 Å². The number of nitrogens with one attached hydrogen (secondary N) is 2. The Kier molecular flexibility index (Phi) is 9.21. The third-order valence-electron chi connectivity index (χ3n) is 2.78. The van der Waals surface area contributed by atoms with Gasteiger partial charge in [-0.05, 0) is 12.6 Å². The molecule has 2 atom stereocenters. The maximum absolute atomic E-state index is 11.6. The van der Waals surface area contributed by atoms with Gasteiger partial charge >= 0.3 is 0 Å². The van der Waals surface area contributed by atoms with Crippen molar-refractivity contribution in [2.24, 2.45) is 5.92 Å². The number of aliphatic hydroxyl groups is 1. The SMILES string of the molecule is CNCC(C)C(=O)NCC(O)Cc1ccccc1.Cl. The molecule has 0 aliphatic rings. The number of aliphatic hydroxyl groups excluding tert-OH is 1. The van der Waals surface area contributed by atoms with Crippen LogP contribution in [-0.2, 0) is 11.2 Å². The number of hydrogen-bond donors (Lipinski definition) is 3. The van der Waals surface area contributed by atoms with Gasteiger partial charge in [-0.1, -0.05) is 37.3 Å². The molecule has 0 fully saturated rings. The van der Waals surface area contributed by atoms with E-state index in [4.69, 9.17) is 0 Å². The van der Waals surface area contributed by atoms with Crippen LogP contribution in [0.15, 0.2) is 30.3 Å². The first-order chi connectivity index (χ1) is 8.63. The summed E-state index contributed by atoms with van der Waals surface area (Å²) in [7, 11) is 1.81. The van der Waals surface area contributed by atoms with E-state index in [1.165, 1.54) is 0 Å². The second kappa shape index (κ2) is 9.78. The minimum absolute atomic E-state index is 0. The Hall–Kier alpha value is -1.10. The Labute approximate surface area is 121 Å². The fraction of sp³-hybridized carbons (Fsp3) is 0.500. The minimum Gasteiger partial charge on any atom is -0.391 e. The van der Waals surface area contributed by atoms with Crippen LogP contribution < -0.4 is 10.6 Å². The predicted molar refractivity (Wildman–Crippen MR) is 79.5 cm³/mol. The van der Waals surface area contributed by atoms with Crippen LogP contribution in [0.2, 0.25) is 0 Å². The average molecular weight is 287 g/mol. The van der Waals surface area contributed by atoms with Gasteiger partial charge in [0.25, 0.3) is 0 Å². The first kappa shape index (κ1) is 17.9. The number of benzene rings is 1. The van der Waals surface area contributed by atoms with Crippen LogP contribution in [0, 0.1) is 5.92 Å². The van der Waals surface area contributed by atoms with E-state index in [-0.39, 0.29) is 24.2 Å². The van der Waals surface area contributed by atoms with Gasteiger partial charge in [-0.3, -0.25) is 4.79 Å². The highest BCUT2D eigenvalue weighted by Crippen LogP contribution is 2.02. The first-order valence-electron chi connectivity index (χ1n) is 6.27. The molecule has 0 bridgehead atoms. The van der Waals surface area contributed by atoms with Crippen LogP contribution in [0.4, 0.5) is 0 Å². The number of hydrogen-bond acceptors (Lipinski definition) is 3. The van der Waals surface area contributed by atoms with Gasteiger partial charge in [-0.25, -0.2) is 0 Å². The van der Waals surface area contributed by atoms with Crippen LogP contribution in [0.25, 0.3) is 0 Å². The summed E-state index contributed by atoms with van der Waals surface area (Å²) in [4.78, 5) is 11.6. The van der Waals surface area contributed by atoms with Crippen molar-refractivity contribution in [3.8, 4) is 0 Å². The maximum atomic E-state index is 11.6. The van der Waals surface area contributed by atoms with Crippen molar-refractivity contribution in [2.45, 2.75) is 19.4 Å². The van der Waals surface area contributed by atoms with Gasteiger partial charge in [-0.15, -0.1) is 12.4 Å². The van der Waals surface area contributed by atoms with Crippen molar-refractivity contribution in [2.75, 3.05) is 20.1 Å². The molecule has 0 aromatic heterocycles. The summed E-state index contributed by atoms with van der Waals surface area (Å²) < 4.78 is 0. The van der Waals surface area contributed by atoms with E-state index in [0.29, 0.717) is 19.5 Å². The first-order valence-corrected chi connectivity index (χ1v) is 6.27. The number of amides is 1. The van der Waals surface area contributed by atoms with E-state index in [2.05, 4.69) is 10.6 Å². The van der Waals surface area contributed by atoms with Crippen molar-refractivity contribution in [3.05, 3.63) is 35.9 Å². The van der Waals surface area contributed by atoms with Gasteiger partial charge in [-0.2, -0.15) is 0 Å². The van der Waals surface area contributed by atoms with E-state index >= 15 is 0 Å². The van der Waals surface area contributed by atoms with E-state index in [1.807, 2.05) is 44.3 Å². The molecule has 0 heterocycles. The van der Waals surface area contributed by atoms with Crippen molar-refractivity contribution in [1.29, 1.82) is 0 Å². The Morgan fingerprint density at radius 1 is 1.26 bits per heavy atom. The Balaban J connectivity index is 0.00000324. The standard InChI is InChI=1S/C14H22N2O2.ClH/c1-11(9-15-2)14(18)16-10-13(17)8-12-6-4-3-5-7-12;/h3-7,11,13,15,17H,8-10H2,1-2H3,(H,16,18);1H. The van der Waals surface area contributed by atoms with Crippen LogP contribution in [-0.4, -0.2) is 37.3 Å². The normalized spacial score (nSPS) is 13.2. The quantitative estimate of drug-likeness (QED) is 0.700. The van der Waals surface area contributed by atoms with E-state index < -0.39 is 6.10 Å². The lowest BCUT2D eigenvalue weighted by molar-refractivity contribution is -0.124. The Bertz CT molecular complexity index is 360. The second-order valence-electron chi connectivity index (χ2n) is 4.55. The van der Waals surface area contributed by atoms with Crippen molar-refractivity contribution >= 4 is 18.3 Å². The molecular formula is C14H23ClN2O2. The lowest BCUT2D eigenvalue weighted by Crippen LogP contribution is -2.39. The lowest BCUT2D eigenvalue weighted by atomic mass is 10.1. The van der Waals surface area contributed by atoms with E-state index in [0.717, 1.165) is 5.56 Å². The van der Waals surface area contributed by atoms with E-state index in [9.17, 15) is 9.90 Å². The summed E-state index contributed by atoms with van der Waals surface area (Å²) in [5, 5.41) is 15.5. The van der Waals surface area contributed by atoms with Gasteiger partial charge < -0.3 is 15.7 Å². The number of halogens is 1. The predicted octanol–water partition coefficient (Wildman–Crippen LogP) is 0.984. The van der Waals surface area contributed by atoms with Crippen molar-refractivity contribution in [3.63, 3.8) is 0 Å². The van der Waals surface area contributed by atoms with Gasteiger partial charge in [0.15, 0.2) is 0 Å². The number of carbonyl (C=O) groups is 1. The summed E-state index contributed by atoms with van der Waals surface area (Å²) in [6.07, 6.45) is 0.0137. The van der Waals surface area contributed by atoms with Gasteiger partial charge in [0, 0.05) is 25.4 Å². The molecule has 3 N–H and O–H groups in total. The molecule has 1 rings (SSSR count). The second-order valence-corrected chi connectivity index (χ2v) is 4.55. The highest BCUT2D eigenvalue weighted by Gasteiger charge is 2.13. The topological polar surface area (TPSA) is 61.4 Å². The molecule has 1 amide bonds. The zero-order valence-electron chi connectivity index (χ0n) is 11.4. The molecule has 1 aromatic rings. The molecule has 19 heavy (non-hydrogen) atoms. The molecule has 2 unspecified atom stereocenters. The minimum atomic E-state index is -0.543. The molecule has 108 valence electrons. The van der Waals surface area contributed by atoms with E-state index in [1.54, 1.807) is 0 Å². The summed E-state index contributed by atoms with van der Waals surface area (Å²) >= 11 is 0. The third kappa shape index (κ3) is 7.15. The molecule has 4 nitrogen and oxygen atoms in total. The van der Waals surface area contributed by atoms with Crippen molar-refractivity contribution < 1.29 is 9.90 Å². The third-order valence-corrected chi connectivity index (χ3v) is 2.78. The molecular weight excluding hydrogens is 264 g/mol. The zero-order valence-corrected chi connectivity index (χ0v) is 12.2. The molecule has 0 aliphatic heterocycles.